The van der Waals surface area contributed by atoms with Crippen LogP contribution in [0.25, 0.3) is 21.9 Å². The molecule has 3 heteroatoms. The fourth-order valence-corrected chi connectivity index (χ4v) is 3.07. The maximum Gasteiger partial charge on any atom is 4.00 e. The van der Waals surface area contributed by atoms with E-state index < -0.39 is 0 Å². The van der Waals surface area contributed by atoms with Crippen LogP contribution < -0.4 is 24.8 Å². The second-order valence-electron chi connectivity index (χ2n) is 5.55. The fourth-order valence-electron chi connectivity index (χ4n) is 3.07. The zero-order valence-corrected chi connectivity index (χ0v) is 18.7. The Morgan fingerprint density at radius 3 is 2.32 bits per heavy atom. The topological polar surface area (TPSA) is 0 Å². The quantitative estimate of drug-likeness (QED) is 0.190. The van der Waals surface area contributed by atoms with E-state index in [1.54, 1.807) is 0 Å². The van der Waals surface area contributed by atoms with E-state index >= 15 is 0 Å². The number of hydrogen-bond acceptors (Lipinski definition) is 0. The molecule has 0 unspecified atom stereocenters. The minimum absolute atomic E-state index is 0. The van der Waals surface area contributed by atoms with Crippen molar-refractivity contribution in [1.82, 2.24) is 0 Å². The maximum atomic E-state index is 3.30. The Labute approximate surface area is 180 Å². The number of rotatable bonds is 0. The molecule has 0 radical (unpaired) electrons. The van der Waals surface area contributed by atoms with E-state index in [0.29, 0.717) is 0 Å². The third-order valence-corrected chi connectivity index (χ3v) is 4.16. The summed E-state index contributed by atoms with van der Waals surface area (Å²) < 4.78 is 0. The predicted molar refractivity (Wildman–Crippen MR) is 93.1 cm³/mol. The van der Waals surface area contributed by atoms with Crippen molar-refractivity contribution in [3.63, 3.8) is 0 Å². The zero-order valence-electron chi connectivity index (χ0n) is 13.5. The molecule has 0 saturated carbocycles. The van der Waals surface area contributed by atoms with Crippen LogP contribution in [0.4, 0.5) is 0 Å². The third-order valence-electron chi connectivity index (χ3n) is 4.16. The Bertz CT molecular complexity index is 854. The molecule has 0 fully saturated rings. The van der Waals surface area contributed by atoms with E-state index in [2.05, 4.69) is 84.9 Å². The van der Waals surface area contributed by atoms with E-state index in [4.69, 9.17) is 0 Å². The molecule has 0 N–H and O–H groups in total. The monoisotopic (exact) mass is 530 g/mol. The largest absolute Gasteiger partial charge is 4.00 e. The molecule has 1 aliphatic carbocycles. The molecule has 122 valence electrons. The average molecular weight is 530 g/mol. The van der Waals surface area contributed by atoms with Crippen LogP contribution in [0, 0.1) is 6.07 Å². The van der Waals surface area contributed by atoms with E-state index in [-0.39, 0.29) is 50.7 Å². The molecule has 0 aliphatic heterocycles. The molecule has 4 aromatic rings. The summed E-state index contributed by atoms with van der Waals surface area (Å²) in [5.74, 6) is 0. The van der Waals surface area contributed by atoms with Gasteiger partial charge in [-0.05, 0) is 6.42 Å². The Balaban J connectivity index is 0.000000234. The van der Waals surface area contributed by atoms with E-state index in [0.717, 1.165) is 6.42 Å². The molecule has 0 heterocycles. The van der Waals surface area contributed by atoms with Gasteiger partial charge in [0.15, 0.2) is 0 Å². The summed E-state index contributed by atoms with van der Waals surface area (Å²) in [4.78, 5) is 0. The second kappa shape index (κ2) is 10.0. The number of benzene rings is 3. The van der Waals surface area contributed by atoms with Gasteiger partial charge in [-0.2, -0.15) is 47.3 Å². The van der Waals surface area contributed by atoms with Crippen molar-refractivity contribution in [3.05, 3.63) is 102 Å². The van der Waals surface area contributed by atoms with Crippen molar-refractivity contribution >= 4 is 10.8 Å². The predicted octanol–water partition coefficient (Wildman–Crippen LogP) is -0.378. The molecule has 0 amide bonds. The molecule has 0 nitrogen and oxygen atoms in total. The maximum absolute atomic E-state index is 3.30. The Morgan fingerprint density at radius 1 is 0.760 bits per heavy atom. The van der Waals surface area contributed by atoms with Crippen LogP contribution in [-0.2, 0) is 32.3 Å². The molecule has 4 aromatic carbocycles. The second-order valence-corrected chi connectivity index (χ2v) is 5.55. The van der Waals surface area contributed by atoms with Gasteiger partial charge in [-0.15, -0.1) is 35.2 Å². The summed E-state index contributed by atoms with van der Waals surface area (Å²) in [6.07, 6.45) is 1.05. The minimum Gasteiger partial charge on any atom is -1.00 e. The van der Waals surface area contributed by atoms with Gasteiger partial charge >= 0.3 is 25.8 Å². The fraction of sp³-hybridized carbons (Fsp3) is 0.0455. The smallest absolute Gasteiger partial charge is 1.00 e. The average Bonchev–Trinajstić information content (AvgIpc) is 3.19. The summed E-state index contributed by atoms with van der Waals surface area (Å²) in [5, 5.41) is 2.66. The molecule has 25 heavy (non-hydrogen) atoms. The van der Waals surface area contributed by atoms with Crippen LogP contribution in [0.5, 0.6) is 0 Å². The van der Waals surface area contributed by atoms with Crippen LogP contribution in [-0.4, -0.2) is 0 Å². The summed E-state index contributed by atoms with van der Waals surface area (Å²) in [5.41, 5.74) is 5.51. The molecule has 0 bridgehead atoms. The first-order valence-corrected chi connectivity index (χ1v) is 7.60. The van der Waals surface area contributed by atoms with Gasteiger partial charge in [0.1, 0.15) is 0 Å². The molecular formula is C22H16Cl2Hf. The van der Waals surface area contributed by atoms with Gasteiger partial charge in [0.2, 0.25) is 0 Å². The van der Waals surface area contributed by atoms with Gasteiger partial charge in [0.05, 0.1) is 0 Å². The van der Waals surface area contributed by atoms with Crippen molar-refractivity contribution in [2.75, 3.05) is 0 Å². The van der Waals surface area contributed by atoms with Crippen molar-refractivity contribution in [2.45, 2.75) is 6.42 Å². The Kier molecular flexibility index (Phi) is 8.72. The summed E-state index contributed by atoms with van der Waals surface area (Å²) >= 11 is 0. The summed E-state index contributed by atoms with van der Waals surface area (Å²) in [7, 11) is 0. The first kappa shape index (κ1) is 21.8. The third kappa shape index (κ3) is 4.67. The summed E-state index contributed by atoms with van der Waals surface area (Å²) in [6.45, 7) is 0. The van der Waals surface area contributed by atoms with Crippen LogP contribution in [0.1, 0.15) is 11.1 Å². The zero-order chi connectivity index (χ0) is 14.8. The molecule has 0 aromatic heterocycles. The Morgan fingerprint density at radius 2 is 1.48 bits per heavy atom. The van der Waals surface area contributed by atoms with Crippen molar-refractivity contribution < 1.29 is 50.7 Å². The number of fused-ring (bicyclic) bond motifs is 4. The first-order chi connectivity index (χ1) is 10.9. The van der Waals surface area contributed by atoms with Gasteiger partial charge < -0.3 is 24.8 Å². The standard InChI is InChI=1S/C13H9.C9H7.2ClH.Hf/c1-3-7-12-10(5-1)9-11-6-2-4-8-13(11)12;1-2-5-9-7-3-6-8(9)4-1;;;/h1-5,7-8H,9H2;1-7H;2*1H;/q2*-1;;;+4/p-2. The van der Waals surface area contributed by atoms with Gasteiger partial charge in [-0.3, -0.25) is 0 Å². The van der Waals surface area contributed by atoms with Crippen molar-refractivity contribution in [1.29, 1.82) is 0 Å². The van der Waals surface area contributed by atoms with Crippen LogP contribution >= 0.6 is 0 Å². The van der Waals surface area contributed by atoms with Crippen LogP contribution in [0.3, 0.4) is 0 Å². The normalized spacial score (nSPS) is 10.1. The number of halogens is 2. The van der Waals surface area contributed by atoms with Crippen LogP contribution in [0.2, 0.25) is 0 Å². The SMILES string of the molecule is [Cl-].[Cl-].[Hf+4].[c-]1cccc2c1Cc1ccccc1-2.c1ccc2[cH-]ccc2c1. The molecular weight excluding hydrogens is 514 g/mol. The molecule has 0 spiro atoms. The van der Waals surface area contributed by atoms with E-state index in [9.17, 15) is 0 Å². The Hall–Kier alpha value is -1.28. The van der Waals surface area contributed by atoms with Gasteiger partial charge in [-0.25, -0.2) is 0 Å². The molecule has 1 aliphatic rings. The molecule has 5 rings (SSSR count). The molecule has 0 atom stereocenters. The van der Waals surface area contributed by atoms with Gasteiger partial charge in [0, 0.05) is 0 Å². The van der Waals surface area contributed by atoms with Crippen molar-refractivity contribution in [3.8, 4) is 11.1 Å². The first-order valence-electron chi connectivity index (χ1n) is 7.60. The number of hydrogen-bond donors (Lipinski definition) is 0. The van der Waals surface area contributed by atoms with Crippen LogP contribution in [0.15, 0.2) is 84.9 Å². The van der Waals surface area contributed by atoms with E-state index in [1.807, 2.05) is 6.07 Å². The molecule has 0 saturated heterocycles. The van der Waals surface area contributed by atoms with Gasteiger partial charge in [-0.1, -0.05) is 41.5 Å². The summed E-state index contributed by atoms with van der Waals surface area (Å²) in [6, 6.07) is 32.8. The van der Waals surface area contributed by atoms with Crippen molar-refractivity contribution in [2.24, 2.45) is 0 Å². The van der Waals surface area contributed by atoms with E-state index in [1.165, 1.54) is 33.0 Å². The van der Waals surface area contributed by atoms with Gasteiger partial charge in [0.25, 0.3) is 0 Å². The minimum atomic E-state index is 0.